The van der Waals surface area contributed by atoms with Gasteiger partial charge in [0.25, 0.3) is 0 Å². The Kier molecular flexibility index (Phi) is 3.75. The number of rotatable bonds is 3. The van der Waals surface area contributed by atoms with E-state index in [0.717, 1.165) is 18.5 Å². The first kappa shape index (κ1) is 14.6. The van der Waals surface area contributed by atoms with Gasteiger partial charge >= 0.3 is 0 Å². The highest BCUT2D eigenvalue weighted by molar-refractivity contribution is 7.10. The van der Waals surface area contributed by atoms with Crippen molar-refractivity contribution in [1.82, 2.24) is 15.0 Å². The summed E-state index contributed by atoms with van der Waals surface area (Å²) in [5, 5.41) is 6.33. The number of aromatic nitrogens is 2. The summed E-state index contributed by atoms with van der Waals surface area (Å²) in [6, 6.07) is 10.8. The van der Waals surface area contributed by atoms with Crippen molar-refractivity contribution >= 4 is 11.3 Å². The van der Waals surface area contributed by atoms with E-state index in [1.807, 2.05) is 23.5 Å². The van der Waals surface area contributed by atoms with Crippen molar-refractivity contribution in [2.45, 2.75) is 32.9 Å². The Labute approximate surface area is 139 Å². The minimum Gasteiger partial charge on any atom is -0.338 e. The van der Waals surface area contributed by atoms with Crippen molar-refractivity contribution in [3.8, 4) is 11.4 Å². The first-order valence-electron chi connectivity index (χ1n) is 7.90. The van der Waals surface area contributed by atoms with Crippen LogP contribution in [0.3, 0.4) is 0 Å². The number of fused-ring (bicyclic) bond motifs is 1. The minimum atomic E-state index is 0.402. The largest absolute Gasteiger partial charge is 0.338 e. The van der Waals surface area contributed by atoms with Crippen molar-refractivity contribution in [2.24, 2.45) is 0 Å². The quantitative estimate of drug-likeness (QED) is 0.723. The van der Waals surface area contributed by atoms with E-state index in [2.05, 4.69) is 52.5 Å². The SMILES string of the molecule is Cc1cccc(-c2noc(CN3CCc4sccc4C3C)n2)c1. The van der Waals surface area contributed by atoms with E-state index < -0.39 is 0 Å². The fourth-order valence-corrected chi connectivity index (χ4v) is 4.13. The third-order valence-electron chi connectivity index (χ3n) is 4.49. The van der Waals surface area contributed by atoms with Gasteiger partial charge in [0.05, 0.1) is 6.54 Å². The number of hydrogen-bond donors (Lipinski definition) is 0. The van der Waals surface area contributed by atoms with Gasteiger partial charge in [-0.2, -0.15) is 4.98 Å². The predicted octanol–water partition coefficient (Wildman–Crippen LogP) is 4.23. The molecule has 0 radical (unpaired) electrons. The van der Waals surface area contributed by atoms with Crippen LogP contribution in [-0.4, -0.2) is 21.6 Å². The van der Waals surface area contributed by atoms with Crippen molar-refractivity contribution < 1.29 is 4.52 Å². The lowest BCUT2D eigenvalue weighted by molar-refractivity contribution is 0.167. The van der Waals surface area contributed by atoms with Crippen molar-refractivity contribution in [3.05, 3.63) is 57.6 Å². The highest BCUT2D eigenvalue weighted by Crippen LogP contribution is 2.33. The monoisotopic (exact) mass is 325 g/mol. The second kappa shape index (κ2) is 5.91. The maximum Gasteiger partial charge on any atom is 0.241 e. The summed E-state index contributed by atoms with van der Waals surface area (Å²) in [5.74, 6) is 1.36. The van der Waals surface area contributed by atoms with Gasteiger partial charge in [0.15, 0.2) is 0 Å². The Hall–Kier alpha value is -1.98. The molecule has 1 aliphatic heterocycles. The van der Waals surface area contributed by atoms with Gasteiger partial charge in [0.1, 0.15) is 0 Å². The molecular formula is C18H19N3OS. The smallest absolute Gasteiger partial charge is 0.241 e. The van der Waals surface area contributed by atoms with Crippen LogP contribution >= 0.6 is 11.3 Å². The number of nitrogens with zero attached hydrogens (tertiary/aromatic N) is 3. The van der Waals surface area contributed by atoms with Crippen molar-refractivity contribution in [2.75, 3.05) is 6.54 Å². The van der Waals surface area contributed by atoms with Crippen LogP contribution in [0, 0.1) is 6.92 Å². The van der Waals surface area contributed by atoms with E-state index in [-0.39, 0.29) is 0 Å². The third kappa shape index (κ3) is 2.82. The number of hydrogen-bond acceptors (Lipinski definition) is 5. The standard InChI is InChI=1S/C18H19N3OS/c1-12-4-3-5-14(10-12)18-19-17(22-20-18)11-21-8-6-16-15(13(21)2)7-9-23-16/h3-5,7,9-10,13H,6,8,11H2,1-2H3. The molecule has 0 saturated heterocycles. The van der Waals surface area contributed by atoms with Gasteiger partial charge in [-0.25, -0.2) is 0 Å². The van der Waals surface area contributed by atoms with Crippen LogP contribution in [0.2, 0.25) is 0 Å². The van der Waals surface area contributed by atoms with Gasteiger partial charge in [0.2, 0.25) is 11.7 Å². The molecule has 3 heterocycles. The summed E-state index contributed by atoms with van der Waals surface area (Å²) < 4.78 is 5.48. The van der Waals surface area contributed by atoms with E-state index in [9.17, 15) is 0 Å². The molecule has 2 aromatic heterocycles. The zero-order chi connectivity index (χ0) is 15.8. The topological polar surface area (TPSA) is 42.2 Å². The summed E-state index contributed by atoms with van der Waals surface area (Å²) in [6.45, 7) is 6.06. The van der Waals surface area contributed by atoms with Crippen molar-refractivity contribution in [1.29, 1.82) is 0 Å². The fraction of sp³-hybridized carbons (Fsp3) is 0.333. The normalized spacial score (nSPS) is 18.1. The van der Waals surface area contributed by atoms with Crippen LogP contribution in [0.1, 0.15) is 34.9 Å². The molecule has 1 atom stereocenters. The Bertz CT molecular complexity index is 823. The van der Waals surface area contributed by atoms with Crippen LogP contribution in [0.15, 0.2) is 40.2 Å². The molecule has 5 heteroatoms. The summed E-state index contributed by atoms with van der Waals surface area (Å²) in [4.78, 5) is 8.50. The Morgan fingerprint density at radius 1 is 1.35 bits per heavy atom. The lowest BCUT2D eigenvalue weighted by atomic mass is 10.0. The predicted molar refractivity (Wildman–Crippen MR) is 91.3 cm³/mol. The molecule has 1 aliphatic rings. The van der Waals surface area contributed by atoms with Crippen LogP contribution < -0.4 is 0 Å². The summed E-state index contributed by atoms with van der Waals surface area (Å²) in [5.41, 5.74) is 3.65. The Morgan fingerprint density at radius 3 is 3.13 bits per heavy atom. The van der Waals surface area contributed by atoms with E-state index in [1.165, 1.54) is 16.0 Å². The molecule has 23 heavy (non-hydrogen) atoms. The van der Waals surface area contributed by atoms with Crippen LogP contribution in [-0.2, 0) is 13.0 Å². The van der Waals surface area contributed by atoms with Crippen LogP contribution in [0.5, 0.6) is 0 Å². The van der Waals surface area contributed by atoms with Crippen LogP contribution in [0.4, 0.5) is 0 Å². The molecule has 0 saturated carbocycles. The number of aryl methyl sites for hydroxylation is 1. The zero-order valence-electron chi connectivity index (χ0n) is 13.3. The molecular weight excluding hydrogens is 306 g/mol. The first-order valence-corrected chi connectivity index (χ1v) is 8.78. The highest BCUT2D eigenvalue weighted by atomic mass is 32.1. The number of benzene rings is 1. The molecule has 0 fully saturated rings. The molecule has 118 valence electrons. The molecule has 1 aromatic carbocycles. The minimum absolute atomic E-state index is 0.402. The van der Waals surface area contributed by atoms with Gasteiger partial charge < -0.3 is 4.52 Å². The summed E-state index contributed by atoms with van der Waals surface area (Å²) in [6.07, 6.45) is 1.11. The van der Waals surface area contributed by atoms with E-state index in [0.29, 0.717) is 24.3 Å². The van der Waals surface area contributed by atoms with Crippen molar-refractivity contribution in [3.63, 3.8) is 0 Å². The maximum absolute atomic E-state index is 5.48. The highest BCUT2D eigenvalue weighted by Gasteiger charge is 2.26. The molecule has 4 nitrogen and oxygen atoms in total. The zero-order valence-corrected chi connectivity index (χ0v) is 14.1. The van der Waals surface area contributed by atoms with Gasteiger partial charge in [-0.1, -0.05) is 28.9 Å². The molecule has 4 rings (SSSR count). The van der Waals surface area contributed by atoms with E-state index in [4.69, 9.17) is 4.52 Å². The second-order valence-electron chi connectivity index (χ2n) is 6.08. The lowest BCUT2D eigenvalue weighted by Crippen LogP contribution is -2.32. The Morgan fingerprint density at radius 2 is 2.26 bits per heavy atom. The third-order valence-corrected chi connectivity index (χ3v) is 5.48. The molecule has 3 aromatic rings. The van der Waals surface area contributed by atoms with Crippen LogP contribution in [0.25, 0.3) is 11.4 Å². The molecule has 0 N–H and O–H groups in total. The molecule has 0 spiro atoms. The molecule has 1 unspecified atom stereocenters. The average molecular weight is 325 g/mol. The van der Waals surface area contributed by atoms with Gasteiger partial charge in [-0.15, -0.1) is 11.3 Å². The molecule has 0 bridgehead atoms. The van der Waals surface area contributed by atoms with E-state index >= 15 is 0 Å². The fourth-order valence-electron chi connectivity index (χ4n) is 3.17. The van der Waals surface area contributed by atoms with Gasteiger partial charge in [-0.3, -0.25) is 4.90 Å². The first-order chi connectivity index (χ1) is 11.2. The lowest BCUT2D eigenvalue weighted by Gasteiger charge is -2.32. The Balaban J connectivity index is 1.52. The molecule has 0 aliphatic carbocycles. The van der Waals surface area contributed by atoms with Gasteiger partial charge in [0, 0.05) is 23.0 Å². The summed E-state index contributed by atoms with van der Waals surface area (Å²) in [7, 11) is 0. The second-order valence-corrected chi connectivity index (χ2v) is 7.08. The molecule has 0 amide bonds. The number of thiophene rings is 1. The van der Waals surface area contributed by atoms with E-state index in [1.54, 1.807) is 0 Å². The maximum atomic E-state index is 5.48. The summed E-state index contributed by atoms with van der Waals surface area (Å²) >= 11 is 1.86. The average Bonchev–Trinajstić information content (AvgIpc) is 3.20. The van der Waals surface area contributed by atoms with Gasteiger partial charge in [-0.05, 0) is 43.3 Å².